The minimum Gasteiger partial charge on any atom is -0.230 e. The summed E-state index contributed by atoms with van der Waals surface area (Å²) >= 11 is 8.32. The van der Waals surface area contributed by atoms with Crippen molar-refractivity contribution in [3.63, 3.8) is 0 Å². The van der Waals surface area contributed by atoms with Gasteiger partial charge >= 0.3 is 0 Å². The molecule has 0 aliphatic rings. The van der Waals surface area contributed by atoms with Crippen LogP contribution in [0.25, 0.3) is 0 Å². The first-order valence-corrected chi connectivity index (χ1v) is 9.00. The summed E-state index contributed by atoms with van der Waals surface area (Å²) in [7, 11) is 0. The molecule has 0 unspecified atom stereocenters. The first-order chi connectivity index (χ1) is 9.24. The molecule has 1 rings (SSSR count). The molecule has 19 heavy (non-hydrogen) atoms. The van der Waals surface area contributed by atoms with Gasteiger partial charge in [-0.15, -0.1) is 0 Å². The molecule has 1 aromatic rings. The molecule has 0 spiro atoms. The summed E-state index contributed by atoms with van der Waals surface area (Å²) in [5.41, 5.74) is 1.20. The van der Waals surface area contributed by atoms with Crippen LogP contribution in [0.2, 0.25) is 5.15 Å². The highest BCUT2D eigenvalue weighted by molar-refractivity contribution is 14.1. The van der Waals surface area contributed by atoms with Crippen LogP contribution in [-0.2, 0) is 6.42 Å². The molecule has 0 amide bonds. The van der Waals surface area contributed by atoms with Gasteiger partial charge in [-0.2, -0.15) is 0 Å². The highest BCUT2D eigenvalue weighted by Crippen LogP contribution is 2.18. The van der Waals surface area contributed by atoms with Crippen LogP contribution in [0.15, 0.2) is 12.1 Å². The molecule has 0 aliphatic heterocycles. The van der Waals surface area contributed by atoms with Gasteiger partial charge < -0.3 is 0 Å². The fourth-order valence-electron chi connectivity index (χ4n) is 2.25. The van der Waals surface area contributed by atoms with Crippen LogP contribution >= 0.6 is 34.2 Å². The molecule has 0 atom stereocenters. The maximum atomic E-state index is 6.12. The third kappa shape index (κ3) is 8.13. The Balaban J connectivity index is 2.01. The second-order valence-corrected chi connectivity index (χ2v) is 6.63. The van der Waals surface area contributed by atoms with Crippen molar-refractivity contribution in [2.24, 2.45) is 0 Å². The van der Waals surface area contributed by atoms with Gasteiger partial charge in [0.1, 0.15) is 8.85 Å². The topological polar surface area (TPSA) is 12.9 Å². The van der Waals surface area contributed by atoms with Crippen molar-refractivity contribution >= 4 is 34.2 Å². The van der Waals surface area contributed by atoms with Gasteiger partial charge in [0, 0.05) is 0 Å². The van der Waals surface area contributed by atoms with Crippen LogP contribution < -0.4 is 0 Å². The standard InChI is InChI=1S/C16H25ClIN/c1-2-3-4-5-6-7-8-9-10-11-14-12-13-15(18)19-16(14)17/h12-13H,2-11H2,1H3. The minimum atomic E-state index is 0.687. The summed E-state index contributed by atoms with van der Waals surface area (Å²) in [5.74, 6) is 0. The number of aryl methyl sites for hydroxylation is 1. The Morgan fingerprint density at radius 1 is 0.947 bits per heavy atom. The molecule has 0 N–H and O–H groups in total. The van der Waals surface area contributed by atoms with E-state index in [9.17, 15) is 0 Å². The highest BCUT2D eigenvalue weighted by Gasteiger charge is 2.02. The molecule has 0 saturated carbocycles. The summed E-state index contributed by atoms with van der Waals surface area (Å²) in [6.07, 6.45) is 13.4. The highest BCUT2D eigenvalue weighted by atomic mass is 127. The summed E-state index contributed by atoms with van der Waals surface area (Å²) < 4.78 is 0.971. The molecule has 108 valence electrons. The molecular weight excluding hydrogens is 369 g/mol. The lowest BCUT2D eigenvalue weighted by Crippen LogP contribution is -1.91. The lowest BCUT2D eigenvalue weighted by Gasteiger charge is -2.04. The monoisotopic (exact) mass is 393 g/mol. The SMILES string of the molecule is CCCCCCCCCCCc1ccc(I)nc1Cl. The summed E-state index contributed by atoms with van der Waals surface area (Å²) in [4.78, 5) is 4.28. The molecule has 3 heteroatoms. The zero-order valence-electron chi connectivity index (χ0n) is 11.9. The number of rotatable bonds is 10. The Labute approximate surface area is 136 Å². The number of hydrogen-bond donors (Lipinski definition) is 0. The number of hydrogen-bond acceptors (Lipinski definition) is 1. The van der Waals surface area contributed by atoms with E-state index in [1.807, 2.05) is 6.07 Å². The first kappa shape index (κ1) is 17.2. The van der Waals surface area contributed by atoms with Gasteiger partial charge in [-0.1, -0.05) is 76.0 Å². The summed E-state index contributed by atoms with van der Waals surface area (Å²) in [6.45, 7) is 2.27. The van der Waals surface area contributed by atoms with Crippen LogP contribution in [0, 0.1) is 3.70 Å². The van der Waals surface area contributed by atoms with Crippen LogP contribution in [0.4, 0.5) is 0 Å². The maximum Gasteiger partial charge on any atom is 0.133 e. The second kappa shape index (κ2) is 10.9. The van der Waals surface area contributed by atoms with Crippen LogP contribution in [0.1, 0.15) is 70.3 Å². The van der Waals surface area contributed by atoms with E-state index in [0.29, 0.717) is 5.15 Å². The molecule has 0 aromatic carbocycles. The molecular formula is C16H25ClIN. The van der Waals surface area contributed by atoms with E-state index in [1.54, 1.807) is 0 Å². The van der Waals surface area contributed by atoms with Crippen molar-refractivity contribution in [2.45, 2.75) is 71.1 Å². The number of nitrogens with zero attached hydrogens (tertiary/aromatic N) is 1. The predicted molar refractivity (Wildman–Crippen MR) is 92.9 cm³/mol. The molecule has 0 saturated heterocycles. The smallest absolute Gasteiger partial charge is 0.133 e. The largest absolute Gasteiger partial charge is 0.230 e. The quantitative estimate of drug-likeness (QED) is 0.254. The third-order valence-corrected chi connectivity index (χ3v) is 4.37. The van der Waals surface area contributed by atoms with Gasteiger partial charge in [0.25, 0.3) is 0 Å². The van der Waals surface area contributed by atoms with E-state index >= 15 is 0 Å². The molecule has 1 nitrogen and oxygen atoms in total. The molecule has 0 fully saturated rings. The Kier molecular flexibility index (Phi) is 9.88. The average Bonchev–Trinajstić information content (AvgIpc) is 2.39. The summed E-state index contributed by atoms with van der Waals surface area (Å²) in [5, 5.41) is 0.687. The second-order valence-electron chi connectivity index (χ2n) is 5.16. The molecule has 0 radical (unpaired) electrons. The minimum absolute atomic E-state index is 0.687. The van der Waals surface area contributed by atoms with Crippen molar-refractivity contribution in [3.8, 4) is 0 Å². The zero-order chi connectivity index (χ0) is 13.9. The van der Waals surface area contributed by atoms with Gasteiger partial charge in [-0.05, 0) is 47.1 Å². The van der Waals surface area contributed by atoms with E-state index in [-0.39, 0.29) is 0 Å². The fraction of sp³-hybridized carbons (Fsp3) is 0.688. The van der Waals surface area contributed by atoms with Gasteiger partial charge in [0.2, 0.25) is 0 Å². The van der Waals surface area contributed by atoms with Crippen LogP contribution in [-0.4, -0.2) is 4.98 Å². The van der Waals surface area contributed by atoms with Crippen molar-refractivity contribution in [1.29, 1.82) is 0 Å². The normalized spacial score (nSPS) is 10.9. The number of pyridine rings is 1. The lowest BCUT2D eigenvalue weighted by molar-refractivity contribution is 0.564. The van der Waals surface area contributed by atoms with Crippen molar-refractivity contribution in [2.75, 3.05) is 0 Å². The lowest BCUT2D eigenvalue weighted by atomic mass is 10.0. The van der Waals surface area contributed by atoms with E-state index in [2.05, 4.69) is 40.6 Å². The van der Waals surface area contributed by atoms with Crippen LogP contribution in [0.3, 0.4) is 0 Å². The molecule has 1 aromatic heterocycles. The Bertz CT molecular complexity index is 355. The van der Waals surface area contributed by atoms with Crippen molar-refractivity contribution in [1.82, 2.24) is 4.98 Å². The predicted octanol–water partition coefficient (Wildman–Crippen LogP) is 6.41. The molecule has 0 bridgehead atoms. The summed E-state index contributed by atoms with van der Waals surface area (Å²) in [6, 6.07) is 4.15. The zero-order valence-corrected chi connectivity index (χ0v) is 14.8. The molecule has 0 aliphatic carbocycles. The van der Waals surface area contributed by atoms with Gasteiger partial charge in [0.15, 0.2) is 0 Å². The fourth-order valence-corrected chi connectivity index (χ4v) is 3.07. The van der Waals surface area contributed by atoms with Gasteiger partial charge in [-0.25, -0.2) is 4.98 Å². The van der Waals surface area contributed by atoms with Gasteiger partial charge in [0.05, 0.1) is 0 Å². The van der Waals surface area contributed by atoms with Crippen molar-refractivity contribution < 1.29 is 0 Å². The average molecular weight is 394 g/mol. The Morgan fingerprint density at radius 3 is 2.11 bits per heavy atom. The van der Waals surface area contributed by atoms with E-state index in [4.69, 9.17) is 11.6 Å². The van der Waals surface area contributed by atoms with E-state index < -0.39 is 0 Å². The first-order valence-electron chi connectivity index (χ1n) is 7.55. The van der Waals surface area contributed by atoms with Crippen LogP contribution in [0.5, 0.6) is 0 Å². The Hall–Kier alpha value is 0.170. The number of aromatic nitrogens is 1. The van der Waals surface area contributed by atoms with E-state index in [0.717, 1.165) is 10.1 Å². The molecule has 1 heterocycles. The van der Waals surface area contributed by atoms with E-state index in [1.165, 1.54) is 63.4 Å². The van der Waals surface area contributed by atoms with Gasteiger partial charge in [-0.3, -0.25) is 0 Å². The van der Waals surface area contributed by atoms with Crippen molar-refractivity contribution in [3.05, 3.63) is 26.5 Å². The maximum absolute atomic E-state index is 6.12. The number of halogens is 2. The third-order valence-electron chi connectivity index (χ3n) is 3.44. The Morgan fingerprint density at radius 2 is 1.53 bits per heavy atom. The number of unbranched alkanes of at least 4 members (excludes halogenated alkanes) is 8.